The standard InChI is InChI=1S/C31H32N2/c1-2-3-4-8-17-28(24-25-13-6-5-7-14-25)31(32-22-20-26-15-9-11-18-29(26)32)33-23-21-27-16-10-12-19-30(27)33/h5-7,9-16,18-24,31H,2-4,8,17H2,1H3. The van der Waals surface area contributed by atoms with Crippen molar-refractivity contribution in [3.63, 3.8) is 0 Å². The Morgan fingerprint density at radius 2 is 1.24 bits per heavy atom. The molecule has 0 aliphatic rings. The molecule has 0 amide bonds. The van der Waals surface area contributed by atoms with Gasteiger partial charge in [-0.3, -0.25) is 0 Å². The highest BCUT2D eigenvalue weighted by molar-refractivity contribution is 5.82. The second-order valence-electron chi connectivity index (χ2n) is 8.88. The van der Waals surface area contributed by atoms with Gasteiger partial charge in [-0.2, -0.15) is 0 Å². The first-order valence-electron chi connectivity index (χ1n) is 12.2. The fourth-order valence-corrected chi connectivity index (χ4v) is 4.92. The minimum Gasteiger partial charge on any atom is -0.322 e. The highest BCUT2D eigenvalue weighted by atomic mass is 15.2. The highest BCUT2D eigenvalue weighted by Gasteiger charge is 2.21. The van der Waals surface area contributed by atoms with Gasteiger partial charge in [-0.05, 0) is 59.0 Å². The van der Waals surface area contributed by atoms with Crippen molar-refractivity contribution in [3.05, 3.63) is 115 Å². The topological polar surface area (TPSA) is 9.86 Å². The van der Waals surface area contributed by atoms with E-state index in [1.165, 1.54) is 58.6 Å². The van der Waals surface area contributed by atoms with Crippen LogP contribution in [0.1, 0.15) is 50.8 Å². The van der Waals surface area contributed by atoms with Crippen molar-refractivity contribution < 1.29 is 0 Å². The van der Waals surface area contributed by atoms with Gasteiger partial charge < -0.3 is 9.13 Å². The maximum absolute atomic E-state index is 2.45. The number of hydrogen-bond donors (Lipinski definition) is 0. The molecule has 0 atom stereocenters. The average Bonchev–Trinajstić information content (AvgIpc) is 3.48. The van der Waals surface area contributed by atoms with Crippen LogP contribution in [-0.4, -0.2) is 9.13 Å². The van der Waals surface area contributed by atoms with E-state index in [0.717, 1.165) is 6.42 Å². The molecule has 0 bridgehead atoms. The average molecular weight is 433 g/mol. The minimum absolute atomic E-state index is 0.0895. The number of hydrogen-bond acceptors (Lipinski definition) is 0. The molecule has 2 heteroatoms. The molecule has 0 saturated carbocycles. The van der Waals surface area contributed by atoms with Crippen LogP contribution in [-0.2, 0) is 0 Å². The fraction of sp³-hybridized carbons (Fsp3) is 0.226. The minimum atomic E-state index is 0.0895. The van der Waals surface area contributed by atoms with Crippen LogP contribution >= 0.6 is 0 Å². The summed E-state index contributed by atoms with van der Waals surface area (Å²) in [5.74, 6) is 0. The van der Waals surface area contributed by atoms with Crippen LogP contribution < -0.4 is 0 Å². The molecule has 0 unspecified atom stereocenters. The molecule has 33 heavy (non-hydrogen) atoms. The van der Waals surface area contributed by atoms with E-state index in [-0.39, 0.29) is 6.17 Å². The molecule has 2 aromatic heterocycles. The van der Waals surface area contributed by atoms with Crippen molar-refractivity contribution in [2.45, 2.75) is 45.2 Å². The summed E-state index contributed by atoms with van der Waals surface area (Å²) in [5.41, 5.74) is 5.25. The lowest BCUT2D eigenvalue weighted by molar-refractivity contribution is 0.500. The van der Waals surface area contributed by atoms with Crippen LogP contribution in [0.4, 0.5) is 0 Å². The lowest BCUT2D eigenvalue weighted by Crippen LogP contribution is -2.19. The smallest absolute Gasteiger partial charge is 0.132 e. The number of benzene rings is 3. The first kappa shape index (κ1) is 21.3. The van der Waals surface area contributed by atoms with Crippen molar-refractivity contribution in [2.75, 3.05) is 0 Å². The van der Waals surface area contributed by atoms with Crippen LogP contribution in [0.5, 0.6) is 0 Å². The van der Waals surface area contributed by atoms with Gasteiger partial charge >= 0.3 is 0 Å². The van der Waals surface area contributed by atoms with E-state index >= 15 is 0 Å². The third-order valence-electron chi connectivity index (χ3n) is 6.59. The Balaban J connectivity index is 1.69. The highest BCUT2D eigenvalue weighted by Crippen LogP contribution is 2.34. The summed E-state index contributed by atoms with van der Waals surface area (Å²) in [4.78, 5) is 0. The molecule has 2 nitrogen and oxygen atoms in total. The molecule has 0 spiro atoms. The zero-order valence-corrected chi connectivity index (χ0v) is 19.4. The molecular formula is C31H32N2. The Hall–Kier alpha value is -3.52. The lowest BCUT2D eigenvalue weighted by atomic mass is 10.0. The summed E-state index contributed by atoms with van der Waals surface area (Å²) in [6.45, 7) is 2.28. The normalized spacial score (nSPS) is 12.2. The fourth-order valence-electron chi connectivity index (χ4n) is 4.92. The van der Waals surface area contributed by atoms with E-state index in [9.17, 15) is 0 Å². The molecule has 2 heterocycles. The van der Waals surface area contributed by atoms with Crippen LogP contribution in [0, 0.1) is 0 Å². The first-order valence-corrected chi connectivity index (χ1v) is 12.2. The van der Waals surface area contributed by atoms with Gasteiger partial charge in [-0.1, -0.05) is 99.0 Å². The van der Waals surface area contributed by atoms with Gasteiger partial charge in [0.25, 0.3) is 0 Å². The summed E-state index contributed by atoms with van der Waals surface area (Å²) in [7, 11) is 0. The van der Waals surface area contributed by atoms with Crippen molar-refractivity contribution in [2.24, 2.45) is 0 Å². The van der Waals surface area contributed by atoms with Gasteiger partial charge in [0.1, 0.15) is 6.17 Å². The van der Waals surface area contributed by atoms with Crippen molar-refractivity contribution in [1.82, 2.24) is 9.13 Å². The van der Waals surface area contributed by atoms with Gasteiger partial charge in [0.15, 0.2) is 0 Å². The van der Waals surface area contributed by atoms with E-state index < -0.39 is 0 Å². The molecule has 0 aliphatic carbocycles. The zero-order valence-electron chi connectivity index (χ0n) is 19.4. The monoisotopic (exact) mass is 432 g/mol. The molecule has 166 valence electrons. The predicted octanol–water partition coefficient (Wildman–Crippen LogP) is 8.70. The number of rotatable bonds is 9. The van der Waals surface area contributed by atoms with Gasteiger partial charge in [0.2, 0.25) is 0 Å². The number of fused-ring (bicyclic) bond motifs is 2. The third-order valence-corrected chi connectivity index (χ3v) is 6.59. The number of nitrogens with zero attached hydrogens (tertiary/aromatic N) is 2. The van der Waals surface area contributed by atoms with Crippen LogP contribution in [0.25, 0.3) is 27.9 Å². The van der Waals surface area contributed by atoms with Gasteiger partial charge in [-0.25, -0.2) is 0 Å². The van der Waals surface area contributed by atoms with Gasteiger partial charge in [0, 0.05) is 12.4 Å². The molecular weight excluding hydrogens is 400 g/mol. The molecule has 0 fully saturated rings. The first-order chi connectivity index (χ1) is 16.3. The number of aromatic nitrogens is 2. The van der Waals surface area contributed by atoms with E-state index in [4.69, 9.17) is 0 Å². The second-order valence-corrected chi connectivity index (χ2v) is 8.88. The lowest BCUT2D eigenvalue weighted by Gasteiger charge is -2.27. The summed E-state index contributed by atoms with van der Waals surface area (Å²) in [6, 6.07) is 32.7. The van der Waals surface area contributed by atoms with E-state index in [2.05, 4.69) is 126 Å². The van der Waals surface area contributed by atoms with Crippen molar-refractivity contribution >= 4 is 27.9 Å². The molecule has 0 radical (unpaired) electrons. The van der Waals surface area contributed by atoms with Crippen LogP contribution in [0.15, 0.2) is 109 Å². The third kappa shape index (κ3) is 4.52. The van der Waals surface area contributed by atoms with Crippen LogP contribution in [0.2, 0.25) is 0 Å². The van der Waals surface area contributed by atoms with Crippen molar-refractivity contribution in [1.29, 1.82) is 0 Å². The molecule has 3 aromatic carbocycles. The predicted molar refractivity (Wildman–Crippen MR) is 141 cm³/mol. The maximum atomic E-state index is 2.45. The Labute approximate surface area is 196 Å². The Kier molecular flexibility index (Phi) is 6.44. The summed E-state index contributed by atoms with van der Waals surface area (Å²) < 4.78 is 4.91. The summed E-state index contributed by atoms with van der Waals surface area (Å²) >= 11 is 0. The Bertz CT molecular complexity index is 1280. The molecule has 0 aliphatic heterocycles. The molecule has 0 saturated heterocycles. The van der Waals surface area contributed by atoms with E-state index in [1.807, 2.05) is 0 Å². The summed E-state index contributed by atoms with van der Waals surface area (Å²) in [6.07, 6.45) is 13.1. The molecule has 0 N–H and O–H groups in total. The molecule has 5 rings (SSSR count). The van der Waals surface area contributed by atoms with Crippen molar-refractivity contribution in [3.8, 4) is 0 Å². The largest absolute Gasteiger partial charge is 0.322 e. The Morgan fingerprint density at radius 1 is 0.667 bits per heavy atom. The quantitative estimate of drug-likeness (QED) is 0.206. The number of unbranched alkanes of at least 4 members (excludes halogenated alkanes) is 3. The van der Waals surface area contributed by atoms with E-state index in [1.54, 1.807) is 0 Å². The van der Waals surface area contributed by atoms with Crippen LogP contribution in [0.3, 0.4) is 0 Å². The van der Waals surface area contributed by atoms with E-state index in [0.29, 0.717) is 0 Å². The Morgan fingerprint density at radius 3 is 1.85 bits per heavy atom. The van der Waals surface area contributed by atoms with Gasteiger partial charge in [-0.15, -0.1) is 0 Å². The number of para-hydroxylation sites is 2. The number of allylic oxidation sites excluding steroid dienone is 1. The zero-order chi connectivity index (χ0) is 22.5. The second kappa shape index (κ2) is 9.95. The van der Waals surface area contributed by atoms with Gasteiger partial charge in [0.05, 0.1) is 11.0 Å². The SMILES string of the molecule is CCCCCCC(=Cc1ccccc1)C(n1ccc2ccccc21)n1ccc2ccccc21. The summed E-state index contributed by atoms with van der Waals surface area (Å²) in [5, 5.41) is 2.56. The maximum Gasteiger partial charge on any atom is 0.132 e. The molecule has 5 aromatic rings.